The van der Waals surface area contributed by atoms with Gasteiger partial charge in [0.1, 0.15) is 0 Å². The number of carbonyl (C=O) groups is 2. The summed E-state index contributed by atoms with van der Waals surface area (Å²) in [4.78, 5) is 24.9. The van der Waals surface area contributed by atoms with Gasteiger partial charge in [0.25, 0.3) is 0 Å². The Hall–Kier alpha value is -1.06. The smallest absolute Gasteiger partial charge is 0.305 e. The first-order valence-corrected chi connectivity index (χ1v) is 7.10. The van der Waals surface area contributed by atoms with E-state index in [1.807, 2.05) is 4.90 Å². The molecular formula is C14H23NO3. The zero-order chi connectivity index (χ0) is 13.1. The number of carboxylic acid groups (broad SMARTS) is 1. The maximum atomic E-state index is 12.4. The molecule has 2 aliphatic rings. The van der Waals surface area contributed by atoms with Gasteiger partial charge < -0.3 is 10.0 Å². The van der Waals surface area contributed by atoms with Gasteiger partial charge >= 0.3 is 5.97 Å². The molecule has 0 unspecified atom stereocenters. The van der Waals surface area contributed by atoms with Gasteiger partial charge in [-0.15, -0.1) is 0 Å². The number of nitrogens with zero attached hydrogens (tertiary/aromatic N) is 1. The molecule has 18 heavy (non-hydrogen) atoms. The Morgan fingerprint density at radius 1 is 1.11 bits per heavy atom. The minimum atomic E-state index is -0.814. The van der Waals surface area contributed by atoms with Crippen LogP contribution in [0.4, 0.5) is 0 Å². The van der Waals surface area contributed by atoms with E-state index in [1.165, 1.54) is 0 Å². The van der Waals surface area contributed by atoms with E-state index in [9.17, 15) is 9.59 Å². The largest absolute Gasteiger partial charge is 0.481 e. The number of carbonyl (C=O) groups excluding carboxylic acids is 1. The number of hydrogen-bond donors (Lipinski definition) is 1. The van der Waals surface area contributed by atoms with E-state index < -0.39 is 5.97 Å². The molecule has 0 aliphatic heterocycles. The second-order valence-corrected chi connectivity index (χ2v) is 5.86. The first kappa shape index (κ1) is 13.4. The molecule has 4 heteroatoms. The normalized spacial score (nSPS) is 27.8. The maximum absolute atomic E-state index is 12.4. The van der Waals surface area contributed by atoms with Crippen molar-refractivity contribution in [1.29, 1.82) is 0 Å². The summed E-state index contributed by atoms with van der Waals surface area (Å²) in [6.07, 6.45) is 6.41. The highest BCUT2D eigenvalue weighted by atomic mass is 16.4. The quantitative estimate of drug-likeness (QED) is 0.817. The highest BCUT2D eigenvalue weighted by Crippen LogP contribution is 2.33. The van der Waals surface area contributed by atoms with Crippen LogP contribution < -0.4 is 0 Å². The second-order valence-electron chi connectivity index (χ2n) is 5.86. The molecule has 2 aliphatic carbocycles. The summed E-state index contributed by atoms with van der Waals surface area (Å²) in [6.45, 7) is 2.63. The molecule has 2 fully saturated rings. The Kier molecular flexibility index (Phi) is 4.25. The van der Waals surface area contributed by atoms with Gasteiger partial charge in [-0.1, -0.05) is 6.92 Å². The van der Waals surface area contributed by atoms with E-state index in [-0.39, 0.29) is 18.2 Å². The minimum Gasteiger partial charge on any atom is -0.481 e. The van der Waals surface area contributed by atoms with Crippen LogP contribution in [-0.4, -0.2) is 34.5 Å². The fraction of sp³-hybridized carbons (Fsp3) is 0.857. The molecule has 1 amide bonds. The second kappa shape index (κ2) is 5.72. The van der Waals surface area contributed by atoms with Gasteiger partial charge in [-0.05, 0) is 44.4 Å². The van der Waals surface area contributed by atoms with Gasteiger partial charge in [0.05, 0.1) is 6.42 Å². The summed E-state index contributed by atoms with van der Waals surface area (Å²) in [7, 11) is 0. The van der Waals surface area contributed by atoms with Crippen LogP contribution in [0.1, 0.15) is 51.9 Å². The maximum Gasteiger partial charge on any atom is 0.305 e. The zero-order valence-corrected chi connectivity index (χ0v) is 11.1. The minimum absolute atomic E-state index is 0.0748. The van der Waals surface area contributed by atoms with Gasteiger partial charge in [-0.3, -0.25) is 9.59 Å². The Morgan fingerprint density at radius 2 is 1.72 bits per heavy atom. The molecule has 1 N–H and O–H groups in total. The summed E-state index contributed by atoms with van der Waals surface area (Å²) >= 11 is 0. The Bertz CT molecular complexity index is 317. The summed E-state index contributed by atoms with van der Waals surface area (Å²) in [5, 5.41) is 8.75. The van der Waals surface area contributed by atoms with E-state index in [4.69, 9.17) is 5.11 Å². The number of carboxylic acids is 1. The van der Waals surface area contributed by atoms with Crippen molar-refractivity contribution in [3.05, 3.63) is 0 Å². The fourth-order valence-corrected chi connectivity index (χ4v) is 2.82. The molecular weight excluding hydrogens is 230 g/mol. The molecule has 0 aromatic rings. The third kappa shape index (κ3) is 3.47. The lowest BCUT2D eigenvalue weighted by atomic mass is 9.82. The van der Waals surface area contributed by atoms with Crippen molar-refractivity contribution in [3.8, 4) is 0 Å². The lowest BCUT2D eigenvalue weighted by Crippen LogP contribution is -2.40. The molecule has 0 aromatic carbocycles. The number of aliphatic carboxylic acids is 1. The predicted molar refractivity (Wildman–Crippen MR) is 68.1 cm³/mol. The van der Waals surface area contributed by atoms with Gasteiger partial charge in [-0.2, -0.15) is 0 Å². The van der Waals surface area contributed by atoms with Crippen LogP contribution in [0.25, 0.3) is 0 Å². The van der Waals surface area contributed by atoms with Crippen molar-refractivity contribution < 1.29 is 14.7 Å². The van der Waals surface area contributed by atoms with Crippen LogP contribution in [-0.2, 0) is 9.59 Å². The van der Waals surface area contributed by atoms with E-state index in [0.29, 0.717) is 12.6 Å². The molecule has 0 radical (unpaired) electrons. The fourth-order valence-electron chi connectivity index (χ4n) is 2.82. The van der Waals surface area contributed by atoms with Crippen molar-refractivity contribution >= 4 is 11.9 Å². The molecule has 4 nitrogen and oxygen atoms in total. The predicted octanol–water partition coefficient (Wildman–Crippen LogP) is 2.28. The van der Waals surface area contributed by atoms with Crippen LogP contribution in [0.3, 0.4) is 0 Å². The Morgan fingerprint density at radius 3 is 2.22 bits per heavy atom. The Balaban J connectivity index is 1.89. The van der Waals surface area contributed by atoms with Crippen molar-refractivity contribution in [1.82, 2.24) is 4.90 Å². The van der Waals surface area contributed by atoms with Crippen molar-refractivity contribution in [2.45, 2.75) is 57.9 Å². The Labute approximate surface area is 108 Å². The molecule has 2 rings (SSSR count). The molecule has 2 saturated carbocycles. The van der Waals surface area contributed by atoms with Gasteiger partial charge in [-0.25, -0.2) is 0 Å². The molecule has 0 atom stereocenters. The lowest BCUT2D eigenvalue weighted by Gasteiger charge is -2.31. The SMILES string of the molecule is CC1CCC(C(=O)N(CCC(=O)O)C2CC2)CC1. The van der Waals surface area contributed by atoms with Gasteiger partial charge in [0.2, 0.25) is 5.91 Å². The molecule has 0 heterocycles. The number of amides is 1. The highest BCUT2D eigenvalue weighted by Gasteiger charge is 2.36. The van der Waals surface area contributed by atoms with Crippen LogP contribution in [0, 0.1) is 11.8 Å². The molecule has 0 aromatic heterocycles. The standard InChI is InChI=1S/C14H23NO3/c1-10-2-4-11(5-3-10)14(18)15(12-6-7-12)9-8-13(16)17/h10-12H,2-9H2,1H3,(H,16,17). The monoisotopic (exact) mass is 253 g/mol. The summed E-state index contributed by atoms with van der Waals surface area (Å²) < 4.78 is 0. The van der Waals surface area contributed by atoms with Gasteiger partial charge in [0, 0.05) is 18.5 Å². The number of hydrogen-bond acceptors (Lipinski definition) is 2. The zero-order valence-electron chi connectivity index (χ0n) is 11.1. The van der Waals surface area contributed by atoms with Crippen molar-refractivity contribution in [2.24, 2.45) is 11.8 Å². The van der Waals surface area contributed by atoms with E-state index >= 15 is 0 Å². The summed E-state index contributed by atoms with van der Waals surface area (Å²) in [5.41, 5.74) is 0. The van der Waals surface area contributed by atoms with Crippen LogP contribution in [0.15, 0.2) is 0 Å². The van der Waals surface area contributed by atoms with E-state index in [2.05, 4.69) is 6.92 Å². The topological polar surface area (TPSA) is 57.6 Å². The number of rotatable bonds is 5. The molecule has 0 bridgehead atoms. The first-order chi connectivity index (χ1) is 8.58. The van der Waals surface area contributed by atoms with Crippen molar-refractivity contribution in [3.63, 3.8) is 0 Å². The molecule has 0 saturated heterocycles. The lowest BCUT2D eigenvalue weighted by molar-refractivity contribution is -0.140. The first-order valence-electron chi connectivity index (χ1n) is 7.10. The highest BCUT2D eigenvalue weighted by molar-refractivity contribution is 5.80. The van der Waals surface area contributed by atoms with Crippen LogP contribution in [0.5, 0.6) is 0 Å². The average Bonchev–Trinajstić information content (AvgIpc) is 3.14. The summed E-state index contributed by atoms with van der Waals surface area (Å²) in [5.74, 6) is 0.286. The molecule has 0 spiro atoms. The summed E-state index contributed by atoms with van der Waals surface area (Å²) in [6, 6.07) is 0.330. The van der Waals surface area contributed by atoms with Crippen molar-refractivity contribution in [2.75, 3.05) is 6.54 Å². The van der Waals surface area contributed by atoms with E-state index in [0.717, 1.165) is 44.4 Å². The van der Waals surface area contributed by atoms with Crippen LogP contribution in [0.2, 0.25) is 0 Å². The van der Waals surface area contributed by atoms with Crippen LogP contribution >= 0.6 is 0 Å². The van der Waals surface area contributed by atoms with Gasteiger partial charge in [0.15, 0.2) is 0 Å². The molecule has 102 valence electrons. The average molecular weight is 253 g/mol. The third-order valence-electron chi connectivity index (χ3n) is 4.20. The van der Waals surface area contributed by atoms with E-state index in [1.54, 1.807) is 0 Å². The third-order valence-corrected chi connectivity index (χ3v) is 4.20.